The molecule has 2 heterocycles. The van der Waals surface area contributed by atoms with Gasteiger partial charge in [-0.05, 0) is 0 Å². The zero-order valence-electron chi connectivity index (χ0n) is 11.6. The van der Waals surface area contributed by atoms with E-state index in [2.05, 4.69) is 0 Å². The fourth-order valence-electron chi connectivity index (χ4n) is 2.71. The number of nitriles is 1. The topological polar surface area (TPSA) is 80.9 Å². The number of hydrogen-bond acceptors (Lipinski definition) is 6. The van der Waals surface area contributed by atoms with Gasteiger partial charge in [-0.15, -0.1) is 0 Å². The van der Waals surface area contributed by atoms with Crippen molar-refractivity contribution in [3.8, 4) is 6.07 Å². The highest BCUT2D eigenvalue weighted by Crippen LogP contribution is 2.36. The van der Waals surface area contributed by atoms with Crippen molar-refractivity contribution in [3.05, 3.63) is 35.9 Å². The van der Waals surface area contributed by atoms with Gasteiger partial charge in [0.2, 0.25) is 0 Å². The number of aliphatic hydroxyl groups excluding tert-OH is 1. The summed E-state index contributed by atoms with van der Waals surface area (Å²) in [5.41, 5.74) is 0.866. The lowest BCUT2D eigenvalue weighted by Gasteiger charge is -2.45. The third-order valence-electron chi connectivity index (χ3n) is 3.82. The normalized spacial score (nSPS) is 39.3. The van der Waals surface area contributed by atoms with Gasteiger partial charge < -0.3 is 24.1 Å². The predicted molar refractivity (Wildman–Crippen MR) is 70.8 cm³/mol. The van der Waals surface area contributed by atoms with Gasteiger partial charge in [-0.25, -0.2) is 0 Å². The average molecular weight is 291 g/mol. The van der Waals surface area contributed by atoms with Gasteiger partial charge in [0.1, 0.15) is 24.2 Å². The molecule has 0 bridgehead atoms. The number of ether oxygens (including phenoxy) is 4. The molecule has 1 aromatic carbocycles. The van der Waals surface area contributed by atoms with Crippen LogP contribution < -0.4 is 0 Å². The van der Waals surface area contributed by atoms with Crippen LogP contribution >= 0.6 is 0 Å². The van der Waals surface area contributed by atoms with Gasteiger partial charge in [-0.3, -0.25) is 0 Å². The maximum atomic E-state index is 10.4. The van der Waals surface area contributed by atoms with E-state index < -0.39 is 36.8 Å². The second-order valence-electron chi connectivity index (χ2n) is 5.10. The number of aliphatic hydroxyl groups is 1. The van der Waals surface area contributed by atoms with Crippen LogP contribution in [-0.2, 0) is 18.9 Å². The molecule has 1 N–H and O–H groups in total. The van der Waals surface area contributed by atoms with Crippen LogP contribution in [0.5, 0.6) is 0 Å². The fraction of sp³-hybridized carbons (Fsp3) is 0.533. The molecule has 3 rings (SSSR count). The van der Waals surface area contributed by atoms with Crippen LogP contribution in [0, 0.1) is 17.2 Å². The van der Waals surface area contributed by atoms with Crippen LogP contribution in [0.4, 0.5) is 0 Å². The van der Waals surface area contributed by atoms with Gasteiger partial charge in [0.25, 0.3) is 0 Å². The van der Waals surface area contributed by atoms with Crippen molar-refractivity contribution >= 4 is 0 Å². The highest BCUT2D eigenvalue weighted by Gasteiger charge is 2.49. The molecule has 0 amide bonds. The van der Waals surface area contributed by atoms with Gasteiger partial charge in [-0.2, -0.15) is 5.26 Å². The summed E-state index contributed by atoms with van der Waals surface area (Å²) < 4.78 is 22.2. The lowest BCUT2D eigenvalue weighted by molar-refractivity contribution is -0.344. The predicted octanol–water partition coefficient (Wildman–Crippen LogP) is 0.973. The number of fused-ring (bicyclic) bond motifs is 1. The quantitative estimate of drug-likeness (QED) is 0.874. The molecule has 2 fully saturated rings. The van der Waals surface area contributed by atoms with E-state index in [1.807, 2.05) is 36.4 Å². The third kappa shape index (κ3) is 2.67. The number of hydrogen-bond donors (Lipinski definition) is 1. The number of nitrogens with zero attached hydrogens (tertiary/aromatic N) is 1. The summed E-state index contributed by atoms with van der Waals surface area (Å²) in [6.07, 6.45) is -3.38. The molecule has 6 heteroatoms. The molecule has 0 aromatic heterocycles. The Morgan fingerprint density at radius 3 is 2.71 bits per heavy atom. The van der Waals surface area contributed by atoms with Crippen molar-refractivity contribution in [1.29, 1.82) is 5.26 Å². The molecular formula is C15H17NO5. The first-order chi connectivity index (χ1) is 10.2. The molecule has 2 saturated heterocycles. The van der Waals surface area contributed by atoms with Crippen LogP contribution in [0.2, 0.25) is 0 Å². The molecular weight excluding hydrogens is 274 g/mol. The fourth-order valence-corrected chi connectivity index (χ4v) is 2.71. The van der Waals surface area contributed by atoms with E-state index in [-0.39, 0.29) is 6.61 Å². The Morgan fingerprint density at radius 1 is 1.29 bits per heavy atom. The largest absolute Gasteiger partial charge is 0.389 e. The van der Waals surface area contributed by atoms with Gasteiger partial charge in [-0.1, -0.05) is 30.3 Å². The smallest absolute Gasteiger partial charge is 0.184 e. The molecule has 21 heavy (non-hydrogen) atoms. The van der Waals surface area contributed by atoms with E-state index in [1.54, 1.807) is 0 Å². The SMILES string of the molecule is CO[C@H]1O[C@@H]2COC(c3ccccc3)O[C@H]2[C@@H](O)[C@@H]1C#N. The van der Waals surface area contributed by atoms with Crippen LogP contribution in [0.3, 0.4) is 0 Å². The Morgan fingerprint density at radius 2 is 2.05 bits per heavy atom. The van der Waals surface area contributed by atoms with Crippen molar-refractivity contribution in [3.63, 3.8) is 0 Å². The Balaban J connectivity index is 1.77. The molecule has 1 aromatic rings. The molecule has 0 saturated carbocycles. The van der Waals surface area contributed by atoms with Crippen molar-refractivity contribution in [2.24, 2.45) is 5.92 Å². The first-order valence-corrected chi connectivity index (χ1v) is 6.82. The second-order valence-corrected chi connectivity index (χ2v) is 5.10. The van der Waals surface area contributed by atoms with Crippen molar-refractivity contribution in [2.45, 2.75) is 30.9 Å². The monoisotopic (exact) mass is 291 g/mol. The highest BCUT2D eigenvalue weighted by atomic mass is 16.7. The van der Waals surface area contributed by atoms with E-state index in [1.165, 1.54) is 7.11 Å². The Bertz CT molecular complexity index is 517. The number of methoxy groups -OCH3 is 1. The second kappa shape index (κ2) is 6.10. The van der Waals surface area contributed by atoms with Crippen molar-refractivity contribution in [2.75, 3.05) is 13.7 Å². The Kier molecular flexibility index (Phi) is 4.19. The average Bonchev–Trinajstić information content (AvgIpc) is 2.55. The Labute approximate surface area is 122 Å². The van der Waals surface area contributed by atoms with Crippen LogP contribution in [0.25, 0.3) is 0 Å². The standard InChI is InChI=1S/C15H17NO5/c1-18-15-10(7-16)12(17)13-11(20-15)8-19-14(21-13)9-5-3-2-4-6-9/h2-6,10-15,17H,8H2,1H3/t10-,11+,12-,13+,14?,15-/m0/s1. The zero-order chi connectivity index (χ0) is 14.8. The van der Waals surface area contributed by atoms with Gasteiger partial charge in [0, 0.05) is 12.7 Å². The summed E-state index contributed by atoms with van der Waals surface area (Å²) in [5.74, 6) is -0.786. The molecule has 2 aliphatic heterocycles. The first-order valence-electron chi connectivity index (χ1n) is 6.82. The number of benzene rings is 1. The first kappa shape index (κ1) is 14.4. The Hall–Kier alpha value is -1.49. The van der Waals surface area contributed by atoms with Crippen LogP contribution in [-0.4, -0.2) is 43.4 Å². The maximum absolute atomic E-state index is 10.4. The molecule has 0 aliphatic carbocycles. The van der Waals surface area contributed by atoms with Crippen LogP contribution in [0.1, 0.15) is 11.9 Å². The number of rotatable bonds is 2. The summed E-state index contributed by atoms with van der Waals surface area (Å²) in [6.45, 7) is 0.277. The molecule has 0 radical (unpaired) electrons. The minimum absolute atomic E-state index is 0.277. The maximum Gasteiger partial charge on any atom is 0.184 e. The van der Waals surface area contributed by atoms with Gasteiger partial charge in [0.15, 0.2) is 12.6 Å². The minimum Gasteiger partial charge on any atom is -0.389 e. The summed E-state index contributed by atoms with van der Waals surface area (Å²) >= 11 is 0. The van der Waals surface area contributed by atoms with E-state index in [4.69, 9.17) is 18.9 Å². The summed E-state index contributed by atoms with van der Waals surface area (Å²) in [6, 6.07) is 11.5. The lowest BCUT2D eigenvalue weighted by atomic mass is 9.91. The summed E-state index contributed by atoms with van der Waals surface area (Å²) in [5, 5.41) is 19.5. The molecule has 112 valence electrons. The molecule has 6 atom stereocenters. The van der Waals surface area contributed by atoms with E-state index in [0.29, 0.717) is 0 Å². The van der Waals surface area contributed by atoms with Crippen molar-refractivity contribution < 1.29 is 24.1 Å². The summed E-state index contributed by atoms with van der Waals surface area (Å²) in [7, 11) is 1.44. The highest BCUT2D eigenvalue weighted by molar-refractivity contribution is 5.16. The van der Waals surface area contributed by atoms with E-state index >= 15 is 0 Å². The lowest BCUT2D eigenvalue weighted by Crippen LogP contribution is -2.59. The van der Waals surface area contributed by atoms with E-state index in [0.717, 1.165) is 5.56 Å². The van der Waals surface area contributed by atoms with E-state index in [9.17, 15) is 10.4 Å². The van der Waals surface area contributed by atoms with Crippen molar-refractivity contribution in [1.82, 2.24) is 0 Å². The molecule has 0 spiro atoms. The van der Waals surface area contributed by atoms with Crippen LogP contribution in [0.15, 0.2) is 30.3 Å². The third-order valence-corrected chi connectivity index (χ3v) is 3.82. The van der Waals surface area contributed by atoms with Gasteiger partial charge >= 0.3 is 0 Å². The molecule has 2 aliphatic rings. The zero-order valence-corrected chi connectivity index (χ0v) is 11.6. The summed E-state index contributed by atoms with van der Waals surface area (Å²) in [4.78, 5) is 0. The molecule has 1 unspecified atom stereocenters. The molecule has 6 nitrogen and oxygen atoms in total. The minimum atomic E-state index is -0.978. The van der Waals surface area contributed by atoms with Gasteiger partial charge in [0.05, 0.1) is 12.7 Å².